The summed E-state index contributed by atoms with van der Waals surface area (Å²) in [5, 5.41) is 3.42. The van der Waals surface area contributed by atoms with E-state index in [1.54, 1.807) is 6.92 Å². The summed E-state index contributed by atoms with van der Waals surface area (Å²) in [6.45, 7) is 6.11. The van der Waals surface area contributed by atoms with Gasteiger partial charge >= 0.3 is 0 Å². The molecule has 0 aliphatic carbocycles. The van der Waals surface area contributed by atoms with E-state index in [1.165, 1.54) is 30.4 Å². The molecule has 1 amide bonds. The van der Waals surface area contributed by atoms with E-state index in [0.717, 1.165) is 31.1 Å². The van der Waals surface area contributed by atoms with Gasteiger partial charge in [0, 0.05) is 18.7 Å². The molecule has 0 saturated carbocycles. The lowest BCUT2D eigenvalue weighted by atomic mass is 9.90. The summed E-state index contributed by atoms with van der Waals surface area (Å²) in [4.78, 5) is 13.7. The lowest BCUT2D eigenvalue weighted by molar-refractivity contribution is -0.116. The minimum atomic E-state index is 0.155. The number of fused-ring (bicyclic) bond motifs is 1. The Hall–Kier alpha value is -1.35. The fourth-order valence-electron chi connectivity index (χ4n) is 3.71. The molecule has 1 N–H and O–H groups in total. The smallest absolute Gasteiger partial charge is 0.224 e. The molecular formula is C17H24N2O. The molecule has 1 unspecified atom stereocenters. The minimum Gasteiger partial charge on any atom is -0.317 e. The van der Waals surface area contributed by atoms with Crippen LogP contribution in [0, 0.1) is 5.92 Å². The average molecular weight is 272 g/mol. The first kappa shape index (κ1) is 13.6. The second kappa shape index (κ2) is 5.57. The van der Waals surface area contributed by atoms with Crippen LogP contribution in [0.5, 0.6) is 0 Å². The van der Waals surface area contributed by atoms with Crippen LogP contribution in [0.1, 0.15) is 37.8 Å². The van der Waals surface area contributed by atoms with Crippen molar-refractivity contribution in [1.82, 2.24) is 5.32 Å². The third-order valence-electron chi connectivity index (χ3n) is 4.68. The number of anilines is 1. The molecule has 3 nitrogen and oxygen atoms in total. The molecule has 0 spiro atoms. The second-order valence-corrected chi connectivity index (χ2v) is 6.30. The highest BCUT2D eigenvalue weighted by Gasteiger charge is 2.29. The number of piperidine rings is 1. The molecule has 2 heterocycles. The van der Waals surface area contributed by atoms with Crippen molar-refractivity contribution in [3.05, 3.63) is 29.3 Å². The van der Waals surface area contributed by atoms with E-state index in [4.69, 9.17) is 0 Å². The lowest BCUT2D eigenvalue weighted by Crippen LogP contribution is -2.33. The standard InChI is InChI=1S/C17H24N2O/c1-12-9-16-11-15(10-14-5-7-18-8-6-14)3-4-17(16)19(12)13(2)20/h3-4,11-12,14,18H,5-10H2,1-2H3. The van der Waals surface area contributed by atoms with Gasteiger partial charge in [0.25, 0.3) is 0 Å². The van der Waals surface area contributed by atoms with E-state index >= 15 is 0 Å². The van der Waals surface area contributed by atoms with Crippen LogP contribution in [0.4, 0.5) is 5.69 Å². The quantitative estimate of drug-likeness (QED) is 0.897. The van der Waals surface area contributed by atoms with Crippen LogP contribution >= 0.6 is 0 Å². The van der Waals surface area contributed by atoms with Crippen LogP contribution in [-0.2, 0) is 17.6 Å². The van der Waals surface area contributed by atoms with Gasteiger partial charge in [-0.15, -0.1) is 0 Å². The summed E-state index contributed by atoms with van der Waals surface area (Å²) in [5.74, 6) is 0.972. The summed E-state index contributed by atoms with van der Waals surface area (Å²) in [7, 11) is 0. The summed E-state index contributed by atoms with van der Waals surface area (Å²) >= 11 is 0. The summed E-state index contributed by atoms with van der Waals surface area (Å²) in [5.41, 5.74) is 3.91. The second-order valence-electron chi connectivity index (χ2n) is 6.30. The molecule has 1 aromatic rings. The fourth-order valence-corrected chi connectivity index (χ4v) is 3.71. The Morgan fingerprint density at radius 1 is 1.35 bits per heavy atom. The zero-order valence-corrected chi connectivity index (χ0v) is 12.5. The van der Waals surface area contributed by atoms with E-state index in [-0.39, 0.29) is 5.91 Å². The number of carbonyl (C=O) groups is 1. The number of hydrogen-bond donors (Lipinski definition) is 1. The molecule has 0 bridgehead atoms. The lowest BCUT2D eigenvalue weighted by Gasteiger charge is -2.23. The maximum atomic E-state index is 11.7. The summed E-state index contributed by atoms with van der Waals surface area (Å²) in [6.07, 6.45) is 4.75. The molecular weight excluding hydrogens is 248 g/mol. The van der Waals surface area contributed by atoms with E-state index < -0.39 is 0 Å². The Labute approximate surface area is 121 Å². The van der Waals surface area contributed by atoms with Gasteiger partial charge in [-0.3, -0.25) is 4.79 Å². The van der Waals surface area contributed by atoms with Crippen LogP contribution in [0.2, 0.25) is 0 Å². The third kappa shape index (κ3) is 2.59. The number of nitrogens with one attached hydrogen (secondary N) is 1. The Morgan fingerprint density at radius 3 is 2.80 bits per heavy atom. The number of nitrogens with zero attached hydrogens (tertiary/aromatic N) is 1. The Balaban J connectivity index is 1.77. The van der Waals surface area contributed by atoms with Gasteiger partial charge in [0.05, 0.1) is 0 Å². The first-order chi connectivity index (χ1) is 9.65. The van der Waals surface area contributed by atoms with Crippen LogP contribution in [0.25, 0.3) is 0 Å². The first-order valence-electron chi connectivity index (χ1n) is 7.77. The molecule has 2 aliphatic rings. The third-order valence-corrected chi connectivity index (χ3v) is 4.68. The molecule has 0 radical (unpaired) electrons. The monoisotopic (exact) mass is 272 g/mol. The Bertz CT molecular complexity index is 506. The van der Waals surface area contributed by atoms with Crippen molar-refractivity contribution in [2.75, 3.05) is 18.0 Å². The number of hydrogen-bond acceptors (Lipinski definition) is 2. The van der Waals surface area contributed by atoms with Gasteiger partial charge in [0.2, 0.25) is 5.91 Å². The number of amides is 1. The molecule has 2 aliphatic heterocycles. The largest absolute Gasteiger partial charge is 0.317 e. The molecule has 3 heteroatoms. The first-order valence-corrected chi connectivity index (χ1v) is 7.77. The van der Waals surface area contributed by atoms with Crippen molar-refractivity contribution in [3.63, 3.8) is 0 Å². The number of rotatable bonds is 2. The highest BCUT2D eigenvalue weighted by atomic mass is 16.2. The van der Waals surface area contributed by atoms with Gasteiger partial charge in [0.15, 0.2) is 0 Å². The normalized spacial score (nSPS) is 22.9. The van der Waals surface area contributed by atoms with E-state index in [1.807, 2.05) is 4.90 Å². The SMILES string of the molecule is CC(=O)N1c2ccc(CC3CCNCC3)cc2CC1C. The summed E-state index contributed by atoms with van der Waals surface area (Å²) < 4.78 is 0. The maximum absolute atomic E-state index is 11.7. The predicted molar refractivity (Wildman–Crippen MR) is 82.1 cm³/mol. The van der Waals surface area contributed by atoms with Gasteiger partial charge in [0.1, 0.15) is 0 Å². The maximum Gasteiger partial charge on any atom is 0.224 e. The predicted octanol–water partition coefficient (Wildman–Crippen LogP) is 2.53. The number of benzene rings is 1. The summed E-state index contributed by atoms with van der Waals surface area (Å²) in [6, 6.07) is 7.00. The van der Waals surface area contributed by atoms with Crippen molar-refractivity contribution in [2.24, 2.45) is 5.92 Å². The highest BCUT2D eigenvalue weighted by molar-refractivity contribution is 5.94. The van der Waals surface area contributed by atoms with Crippen LogP contribution < -0.4 is 10.2 Å². The van der Waals surface area contributed by atoms with Crippen molar-refractivity contribution >= 4 is 11.6 Å². The van der Waals surface area contributed by atoms with Gasteiger partial charge in [-0.2, -0.15) is 0 Å². The van der Waals surface area contributed by atoms with Gasteiger partial charge in [-0.25, -0.2) is 0 Å². The van der Waals surface area contributed by atoms with Gasteiger partial charge in [-0.05, 0) is 68.8 Å². The van der Waals surface area contributed by atoms with Crippen molar-refractivity contribution in [1.29, 1.82) is 0 Å². The average Bonchev–Trinajstić information content (AvgIpc) is 2.75. The highest BCUT2D eigenvalue weighted by Crippen LogP contribution is 2.33. The zero-order valence-electron chi connectivity index (χ0n) is 12.5. The molecule has 108 valence electrons. The van der Waals surface area contributed by atoms with E-state index in [2.05, 4.69) is 30.4 Å². The number of carbonyl (C=O) groups excluding carboxylic acids is 1. The zero-order chi connectivity index (χ0) is 14.1. The van der Waals surface area contributed by atoms with Crippen LogP contribution in [-0.4, -0.2) is 25.0 Å². The Kier molecular flexibility index (Phi) is 3.79. The molecule has 1 saturated heterocycles. The van der Waals surface area contributed by atoms with Crippen LogP contribution in [0.3, 0.4) is 0 Å². The van der Waals surface area contributed by atoms with Crippen molar-refractivity contribution in [3.8, 4) is 0 Å². The molecule has 1 fully saturated rings. The van der Waals surface area contributed by atoms with Crippen molar-refractivity contribution in [2.45, 2.75) is 45.6 Å². The molecule has 1 atom stereocenters. The van der Waals surface area contributed by atoms with Gasteiger partial charge in [-0.1, -0.05) is 12.1 Å². The van der Waals surface area contributed by atoms with Crippen LogP contribution in [0.15, 0.2) is 18.2 Å². The molecule has 3 rings (SSSR count). The van der Waals surface area contributed by atoms with Gasteiger partial charge < -0.3 is 10.2 Å². The van der Waals surface area contributed by atoms with E-state index in [9.17, 15) is 4.79 Å². The minimum absolute atomic E-state index is 0.155. The fraction of sp³-hybridized carbons (Fsp3) is 0.588. The molecule has 0 aromatic heterocycles. The topological polar surface area (TPSA) is 32.3 Å². The van der Waals surface area contributed by atoms with E-state index in [0.29, 0.717) is 6.04 Å². The molecule has 1 aromatic carbocycles. The molecule has 20 heavy (non-hydrogen) atoms. The van der Waals surface area contributed by atoms with Crippen molar-refractivity contribution < 1.29 is 4.79 Å². The Morgan fingerprint density at radius 2 is 2.10 bits per heavy atom.